The van der Waals surface area contributed by atoms with Gasteiger partial charge in [0.25, 0.3) is 0 Å². The molecule has 0 aliphatic rings. The molecule has 0 bridgehead atoms. The van der Waals surface area contributed by atoms with Gasteiger partial charge in [-0.25, -0.2) is 0 Å². The Balaban J connectivity index is 1.95. The van der Waals surface area contributed by atoms with Crippen molar-refractivity contribution in [1.29, 1.82) is 0 Å². The molecule has 1 heterocycles. The third kappa shape index (κ3) is 4.21. The zero-order valence-corrected chi connectivity index (χ0v) is 15.9. The van der Waals surface area contributed by atoms with Gasteiger partial charge >= 0.3 is 0 Å². The van der Waals surface area contributed by atoms with Crippen LogP contribution < -0.4 is 5.32 Å². The fourth-order valence-corrected chi connectivity index (χ4v) is 3.56. The molecule has 1 aromatic heterocycles. The highest BCUT2D eigenvalue weighted by atomic mass is 35.5. The van der Waals surface area contributed by atoms with Gasteiger partial charge in [-0.15, -0.1) is 0 Å². The molecule has 1 atom stereocenters. The number of ether oxygens (including phenoxy) is 1. The maximum Gasteiger partial charge on any atom is 0.246 e. The highest BCUT2D eigenvalue weighted by molar-refractivity contribution is 6.35. The summed E-state index contributed by atoms with van der Waals surface area (Å²) in [5, 5.41) is 5.20. The van der Waals surface area contributed by atoms with E-state index in [1.807, 2.05) is 43.5 Å². The minimum atomic E-state index is -0.151. The van der Waals surface area contributed by atoms with E-state index in [0.29, 0.717) is 23.2 Å². The number of para-hydroxylation sites is 1. The first-order chi connectivity index (χ1) is 12.6. The van der Waals surface area contributed by atoms with Crippen molar-refractivity contribution in [2.45, 2.75) is 12.8 Å². The molecule has 4 nitrogen and oxygen atoms in total. The van der Waals surface area contributed by atoms with Gasteiger partial charge in [0.1, 0.15) is 6.61 Å². The van der Waals surface area contributed by atoms with E-state index >= 15 is 0 Å². The highest BCUT2D eigenvalue weighted by Gasteiger charge is 2.21. The number of carbonyl (C=O) groups excluding carboxylic acids is 1. The molecule has 2 N–H and O–H groups in total. The molecule has 0 saturated carbocycles. The summed E-state index contributed by atoms with van der Waals surface area (Å²) in [6, 6.07) is 13.5. The third-order valence-electron chi connectivity index (χ3n) is 4.28. The monoisotopic (exact) mass is 390 g/mol. The Hall–Kier alpha value is -2.01. The van der Waals surface area contributed by atoms with Crippen molar-refractivity contribution < 1.29 is 9.53 Å². The molecular weight excluding hydrogens is 371 g/mol. The maximum atomic E-state index is 12.0. The van der Waals surface area contributed by atoms with Gasteiger partial charge in [-0.3, -0.25) is 4.79 Å². The number of amides is 1. The van der Waals surface area contributed by atoms with Crippen LogP contribution in [0.4, 0.5) is 0 Å². The molecule has 0 radical (unpaired) electrons. The van der Waals surface area contributed by atoms with Gasteiger partial charge in [-0.2, -0.15) is 0 Å². The Bertz CT molecular complexity index is 908. The lowest BCUT2D eigenvalue weighted by atomic mass is 9.90. The molecule has 0 aliphatic carbocycles. The first kappa shape index (κ1) is 18.8. The molecule has 3 rings (SSSR count). The second kappa shape index (κ2) is 8.58. The lowest BCUT2D eigenvalue weighted by molar-refractivity contribution is -0.125. The van der Waals surface area contributed by atoms with Crippen LogP contribution in [0.1, 0.15) is 24.0 Å². The summed E-state index contributed by atoms with van der Waals surface area (Å²) in [4.78, 5) is 15.3. The van der Waals surface area contributed by atoms with Crippen LogP contribution in [0.25, 0.3) is 10.9 Å². The zero-order valence-electron chi connectivity index (χ0n) is 14.4. The summed E-state index contributed by atoms with van der Waals surface area (Å²) in [6.07, 6.45) is 1.97. The van der Waals surface area contributed by atoms with Crippen LogP contribution in [0, 0.1) is 0 Å². The number of aromatic amines is 1. The fourth-order valence-electron chi connectivity index (χ4n) is 3.02. The van der Waals surface area contributed by atoms with Crippen molar-refractivity contribution >= 4 is 40.0 Å². The molecule has 1 unspecified atom stereocenters. The van der Waals surface area contributed by atoms with E-state index in [9.17, 15) is 4.79 Å². The average molecular weight is 391 g/mol. The van der Waals surface area contributed by atoms with Crippen molar-refractivity contribution in [3.05, 3.63) is 69.8 Å². The molecule has 3 aromatic rings. The Kier molecular flexibility index (Phi) is 6.20. The topological polar surface area (TPSA) is 54.1 Å². The minimum Gasteiger partial charge on any atom is -0.372 e. The van der Waals surface area contributed by atoms with Gasteiger partial charge in [-0.1, -0.05) is 47.5 Å². The second-order valence-electron chi connectivity index (χ2n) is 5.95. The van der Waals surface area contributed by atoms with Crippen molar-refractivity contribution in [3.8, 4) is 0 Å². The first-order valence-corrected chi connectivity index (χ1v) is 9.21. The van der Waals surface area contributed by atoms with Gasteiger partial charge in [0.2, 0.25) is 5.91 Å². The number of hydrogen-bond donors (Lipinski definition) is 2. The van der Waals surface area contributed by atoms with E-state index in [2.05, 4.69) is 16.4 Å². The van der Waals surface area contributed by atoms with Crippen LogP contribution in [0.5, 0.6) is 0 Å². The lowest BCUT2D eigenvalue weighted by Crippen LogP contribution is -2.32. The summed E-state index contributed by atoms with van der Waals surface area (Å²) >= 11 is 12.5. The van der Waals surface area contributed by atoms with E-state index in [-0.39, 0.29) is 18.4 Å². The van der Waals surface area contributed by atoms with E-state index in [1.54, 1.807) is 6.07 Å². The molecule has 2 aromatic carbocycles. The summed E-state index contributed by atoms with van der Waals surface area (Å²) < 4.78 is 5.17. The van der Waals surface area contributed by atoms with Crippen LogP contribution in [-0.4, -0.2) is 30.6 Å². The van der Waals surface area contributed by atoms with Gasteiger partial charge in [0.05, 0.1) is 0 Å². The number of halogens is 2. The van der Waals surface area contributed by atoms with Crippen LogP contribution in [0.15, 0.2) is 48.7 Å². The van der Waals surface area contributed by atoms with Crippen molar-refractivity contribution in [3.63, 3.8) is 0 Å². The normalized spacial score (nSPS) is 12.3. The molecule has 0 saturated heterocycles. The van der Waals surface area contributed by atoms with E-state index in [4.69, 9.17) is 27.9 Å². The van der Waals surface area contributed by atoms with E-state index < -0.39 is 0 Å². The van der Waals surface area contributed by atoms with E-state index in [1.165, 1.54) is 0 Å². The Labute approximate surface area is 162 Å². The van der Waals surface area contributed by atoms with Crippen LogP contribution in [0.3, 0.4) is 0 Å². The lowest BCUT2D eigenvalue weighted by Gasteiger charge is -2.19. The molecule has 0 spiro atoms. The summed E-state index contributed by atoms with van der Waals surface area (Å²) in [7, 11) is 0. The number of aromatic nitrogens is 1. The van der Waals surface area contributed by atoms with Gasteiger partial charge in [0, 0.05) is 46.2 Å². The second-order valence-corrected chi connectivity index (χ2v) is 6.79. The zero-order chi connectivity index (χ0) is 18.5. The summed E-state index contributed by atoms with van der Waals surface area (Å²) in [5.41, 5.74) is 3.03. The number of H-pyrrole nitrogens is 1. The van der Waals surface area contributed by atoms with Gasteiger partial charge in [-0.05, 0) is 36.2 Å². The minimum absolute atomic E-state index is 0.0471. The SMILES string of the molecule is CCOCC(=O)NCC(c1ccc(Cl)cc1Cl)c1c[nH]c2ccccc12. The fraction of sp³-hybridized carbons (Fsp3) is 0.250. The standard InChI is InChI=1S/C20H20Cl2N2O2/c1-2-26-12-20(25)24-11-16(14-8-7-13(21)9-18(14)22)17-10-23-19-6-4-3-5-15(17)19/h3-10,16,23H,2,11-12H2,1H3,(H,24,25). The molecular formula is C20H20Cl2N2O2. The van der Waals surface area contributed by atoms with E-state index in [0.717, 1.165) is 22.0 Å². The van der Waals surface area contributed by atoms with Crippen molar-refractivity contribution in [2.75, 3.05) is 19.8 Å². The van der Waals surface area contributed by atoms with Gasteiger partial charge in [0.15, 0.2) is 0 Å². The Morgan fingerprint density at radius 3 is 2.77 bits per heavy atom. The maximum absolute atomic E-state index is 12.0. The van der Waals surface area contributed by atoms with Crippen LogP contribution >= 0.6 is 23.2 Å². The molecule has 1 amide bonds. The predicted molar refractivity (Wildman–Crippen MR) is 106 cm³/mol. The quantitative estimate of drug-likeness (QED) is 0.610. The highest BCUT2D eigenvalue weighted by Crippen LogP contribution is 2.35. The average Bonchev–Trinajstić information content (AvgIpc) is 3.05. The molecule has 0 aliphatic heterocycles. The van der Waals surface area contributed by atoms with Crippen LogP contribution in [-0.2, 0) is 9.53 Å². The molecule has 6 heteroatoms. The number of hydrogen-bond acceptors (Lipinski definition) is 2. The number of fused-ring (bicyclic) bond motifs is 1. The molecule has 0 fully saturated rings. The Morgan fingerprint density at radius 2 is 2.00 bits per heavy atom. The van der Waals surface area contributed by atoms with Crippen LogP contribution in [0.2, 0.25) is 10.0 Å². The third-order valence-corrected chi connectivity index (χ3v) is 4.84. The number of nitrogens with one attached hydrogen (secondary N) is 2. The largest absolute Gasteiger partial charge is 0.372 e. The predicted octanol–water partition coefficient (Wildman–Crippen LogP) is 4.76. The number of rotatable bonds is 7. The summed E-state index contributed by atoms with van der Waals surface area (Å²) in [6.45, 7) is 2.82. The van der Waals surface area contributed by atoms with Crippen molar-refractivity contribution in [2.24, 2.45) is 0 Å². The Morgan fingerprint density at radius 1 is 1.19 bits per heavy atom. The molecule has 26 heavy (non-hydrogen) atoms. The number of carbonyl (C=O) groups is 1. The number of benzene rings is 2. The summed E-state index contributed by atoms with van der Waals surface area (Å²) in [5.74, 6) is -0.261. The van der Waals surface area contributed by atoms with Gasteiger partial charge < -0.3 is 15.0 Å². The van der Waals surface area contributed by atoms with Crippen molar-refractivity contribution in [1.82, 2.24) is 10.3 Å². The first-order valence-electron chi connectivity index (χ1n) is 8.45. The molecule has 136 valence electrons. The smallest absolute Gasteiger partial charge is 0.246 e.